The number of esters is 1. The fourth-order valence-corrected chi connectivity index (χ4v) is 5.69. The van der Waals surface area contributed by atoms with E-state index in [1.807, 2.05) is 6.92 Å². The number of hydrogen-bond acceptors (Lipinski definition) is 3. The highest BCUT2D eigenvalue weighted by Gasteiger charge is 2.34. The minimum atomic E-state index is -1.87. The molecule has 0 saturated heterocycles. The molecule has 0 radical (unpaired) electrons. The lowest BCUT2D eigenvalue weighted by Gasteiger charge is -2.29. The Balaban J connectivity index is 4.45. The van der Waals surface area contributed by atoms with Crippen LogP contribution in [0.15, 0.2) is 12.7 Å². The van der Waals surface area contributed by atoms with Gasteiger partial charge in [-0.05, 0) is 19.0 Å². The van der Waals surface area contributed by atoms with Crippen LogP contribution in [0.25, 0.3) is 0 Å². The van der Waals surface area contributed by atoms with E-state index >= 15 is 0 Å². The highest BCUT2D eigenvalue weighted by Crippen LogP contribution is 2.22. The van der Waals surface area contributed by atoms with Gasteiger partial charge in [0.05, 0.1) is 0 Å². The third-order valence-electron chi connectivity index (χ3n) is 2.51. The third-order valence-corrected chi connectivity index (χ3v) is 6.90. The molecule has 0 rings (SSSR count). The fraction of sp³-hybridized carbons (Fsp3) is 0.750. The summed E-state index contributed by atoms with van der Waals surface area (Å²) in [5.74, 6) is -0.344. The van der Waals surface area contributed by atoms with Gasteiger partial charge in [-0.3, -0.25) is 0 Å². The standard InChI is InChI=1S/C12H24O3Si/c1-5-9-16(10-6-2,15-8-4)11-14-12(13)7-3/h7H,3,5-6,8-11H2,1-2,4H3. The van der Waals surface area contributed by atoms with E-state index in [1.165, 1.54) is 6.08 Å². The van der Waals surface area contributed by atoms with Gasteiger partial charge in [0, 0.05) is 12.7 Å². The Bertz CT molecular complexity index is 199. The Kier molecular flexibility index (Phi) is 8.20. The molecule has 0 heterocycles. The molecule has 0 N–H and O–H groups in total. The number of rotatable bonds is 9. The zero-order valence-corrected chi connectivity index (χ0v) is 11.8. The lowest BCUT2D eigenvalue weighted by molar-refractivity contribution is -0.136. The monoisotopic (exact) mass is 244 g/mol. The smallest absolute Gasteiger partial charge is 0.329 e. The van der Waals surface area contributed by atoms with Crippen molar-refractivity contribution in [2.24, 2.45) is 0 Å². The molecular weight excluding hydrogens is 220 g/mol. The van der Waals surface area contributed by atoms with Gasteiger partial charge in [0.25, 0.3) is 0 Å². The summed E-state index contributed by atoms with van der Waals surface area (Å²) in [6, 6.07) is 2.11. The van der Waals surface area contributed by atoms with Crippen LogP contribution in [0.2, 0.25) is 12.1 Å². The van der Waals surface area contributed by atoms with Crippen LogP contribution in [0.1, 0.15) is 33.6 Å². The van der Waals surface area contributed by atoms with Crippen molar-refractivity contribution in [2.45, 2.75) is 45.7 Å². The maximum absolute atomic E-state index is 11.1. The second kappa shape index (κ2) is 8.53. The van der Waals surface area contributed by atoms with Crippen LogP contribution >= 0.6 is 0 Å². The Morgan fingerprint density at radius 3 is 2.19 bits per heavy atom. The first-order chi connectivity index (χ1) is 7.64. The summed E-state index contributed by atoms with van der Waals surface area (Å²) in [6.07, 6.45) is 3.84. The number of carbonyl (C=O) groups is 1. The third kappa shape index (κ3) is 5.46. The van der Waals surface area contributed by atoms with Crippen LogP contribution in [0.5, 0.6) is 0 Å². The van der Waals surface area contributed by atoms with Crippen LogP contribution in [-0.2, 0) is 14.0 Å². The van der Waals surface area contributed by atoms with Gasteiger partial charge in [-0.15, -0.1) is 0 Å². The van der Waals surface area contributed by atoms with Crippen molar-refractivity contribution in [1.29, 1.82) is 0 Å². The van der Waals surface area contributed by atoms with Gasteiger partial charge in [0.2, 0.25) is 8.32 Å². The molecule has 0 aliphatic heterocycles. The van der Waals surface area contributed by atoms with Gasteiger partial charge >= 0.3 is 5.97 Å². The summed E-state index contributed by atoms with van der Waals surface area (Å²) in [5.41, 5.74) is 0. The molecule has 0 atom stereocenters. The summed E-state index contributed by atoms with van der Waals surface area (Å²) in [4.78, 5) is 11.1. The van der Waals surface area contributed by atoms with Crippen molar-refractivity contribution in [3.05, 3.63) is 12.7 Å². The van der Waals surface area contributed by atoms with Crippen LogP contribution in [0.4, 0.5) is 0 Å². The Hall–Kier alpha value is -0.613. The van der Waals surface area contributed by atoms with E-state index in [9.17, 15) is 4.79 Å². The lowest BCUT2D eigenvalue weighted by Crippen LogP contribution is -2.44. The molecule has 4 heteroatoms. The molecule has 3 nitrogen and oxygen atoms in total. The van der Waals surface area contributed by atoms with Crippen LogP contribution in [0, 0.1) is 0 Å². The number of carbonyl (C=O) groups excluding carboxylic acids is 1. The molecule has 0 saturated carbocycles. The SMILES string of the molecule is C=CC(=O)OC[Si](CCC)(CCC)OCC. The van der Waals surface area contributed by atoms with E-state index in [0.29, 0.717) is 12.8 Å². The summed E-state index contributed by atoms with van der Waals surface area (Å²) >= 11 is 0. The maximum Gasteiger partial charge on any atom is 0.329 e. The summed E-state index contributed by atoms with van der Waals surface area (Å²) in [5, 5.41) is 0. The minimum Gasteiger partial charge on any atom is -0.463 e. The van der Waals surface area contributed by atoms with Crippen molar-refractivity contribution in [3.8, 4) is 0 Å². The molecule has 0 aromatic rings. The Morgan fingerprint density at radius 1 is 1.25 bits per heavy atom. The van der Waals surface area contributed by atoms with Crippen molar-refractivity contribution in [2.75, 3.05) is 12.8 Å². The summed E-state index contributed by atoms with van der Waals surface area (Å²) in [6.45, 7) is 10.4. The van der Waals surface area contributed by atoms with E-state index in [0.717, 1.165) is 24.9 Å². The Labute approximate surface area is 100.0 Å². The van der Waals surface area contributed by atoms with E-state index in [-0.39, 0.29) is 5.97 Å². The van der Waals surface area contributed by atoms with Crippen LogP contribution in [-0.4, -0.2) is 27.1 Å². The molecule has 0 aliphatic carbocycles. The largest absolute Gasteiger partial charge is 0.463 e. The number of ether oxygens (including phenoxy) is 1. The molecule has 0 fully saturated rings. The molecule has 94 valence electrons. The van der Waals surface area contributed by atoms with Gasteiger partial charge < -0.3 is 9.16 Å². The van der Waals surface area contributed by atoms with E-state index in [1.54, 1.807) is 0 Å². The first-order valence-electron chi connectivity index (χ1n) is 6.07. The van der Waals surface area contributed by atoms with Crippen molar-refractivity contribution < 1.29 is 14.0 Å². The average Bonchev–Trinajstić information content (AvgIpc) is 2.27. The second-order valence-corrected chi connectivity index (χ2v) is 7.87. The second-order valence-electron chi connectivity index (χ2n) is 3.93. The molecule has 0 aromatic carbocycles. The molecule has 0 bridgehead atoms. The zero-order chi connectivity index (χ0) is 12.4. The van der Waals surface area contributed by atoms with Crippen LogP contribution in [0.3, 0.4) is 0 Å². The maximum atomic E-state index is 11.1. The van der Waals surface area contributed by atoms with Gasteiger partial charge in [-0.25, -0.2) is 4.79 Å². The quantitative estimate of drug-likeness (QED) is 0.355. The highest BCUT2D eigenvalue weighted by molar-refractivity contribution is 6.73. The first-order valence-corrected chi connectivity index (χ1v) is 8.60. The van der Waals surface area contributed by atoms with E-state index < -0.39 is 8.32 Å². The molecule has 16 heavy (non-hydrogen) atoms. The molecule has 0 amide bonds. The van der Waals surface area contributed by atoms with E-state index in [4.69, 9.17) is 9.16 Å². The fourth-order valence-electron chi connectivity index (χ4n) is 1.93. The molecule has 0 unspecified atom stereocenters. The van der Waals surface area contributed by atoms with Gasteiger partial charge in [-0.2, -0.15) is 0 Å². The number of hydrogen-bond donors (Lipinski definition) is 0. The zero-order valence-electron chi connectivity index (χ0n) is 10.8. The van der Waals surface area contributed by atoms with Gasteiger partial charge in [-0.1, -0.05) is 33.3 Å². The molecule has 0 spiro atoms. The van der Waals surface area contributed by atoms with Crippen molar-refractivity contribution in [3.63, 3.8) is 0 Å². The lowest BCUT2D eigenvalue weighted by atomic mass is 10.6. The van der Waals surface area contributed by atoms with Crippen molar-refractivity contribution >= 4 is 14.3 Å². The molecular formula is C12H24O3Si. The highest BCUT2D eigenvalue weighted by atomic mass is 28.4. The molecule has 0 aliphatic rings. The Morgan fingerprint density at radius 2 is 1.81 bits per heavy atom. The van der Waals surface area contributed by atoms with Crippen molar-refractivity contribution in [1.82, 2.24) is 0 Å². The summed E-state index contributed by atoms with van der Waals surface area (Å²) in [7, 11) is -1.87. The normalized spacial score (nSPS) is 11.2. The summed E-state index contributed by atoms with van der Waals surface area (Å²) < 4.78 is 11.1. The van der Waals surface area contributed by atoms with E-state index in [2.05, 4.69) is 20.4 Å². The predicted octanol–water partition coefficient (Wildman–Crippen LogP) is 3.06. The average molecular weight is 244 g/mol. The van der Waals surface area contributed by atoms with Gasteiger partial charge in [0.15, 0.2) is 0 Å². The minimum absolute atomic E-state index is 0.344. The van der Waals surface area contributed by atoms with Crippen LogP contribution < -0.4 is 0 Å². The molecule has 0 aromatic heterocycles. The topological polar surface area (TPSA) is 35.5 Å². The van der Waals surface area contributed by atoms with Gasteiger partial charge in [0.1, 0.15) is 6.23 Å². The first kappa shape index (κ1) is 15.4. The predicted molar refractivity (Wildman–Crippen MR) is 68.7 cm³/mol.